The summed E-state index contributed by atoms with van der Waals surface area (Å²) in [5, 5.41) is 1.56. The first-order valence-corrected chi connectivity index (χ1v) is 6.53. The largest absolute Gasteiger partial charge is 0.299 e. The van der Waals surface area contributed by atoms with Gasteiger partial charge < -0.3 is 0 Å². The van der Waals surface area contributed by atoms with Gasteiger partial charge in [0, 0.05) is 22.8 Å². The number of Topliss-reactive ketones (excluding diaryl/α,β-unsaturated/α-hetero) is 1. The summed E-state index contributed by atoms with van der Waals surface area (Å²) in [6, 6.07) is 0. The summed E-state index contributed by atoms with van der Waals surface area (Å²) in [7, 11) is 0. The smallest absolute Gasteiger partial charge is 0.139 e. The summed E-state index contributed by atoms with van der Waals surface area (Å²) < 4.78 is 0. The molecule has 2 aliphatic rings. The number of carbonyl (C=O) groups excluding carboxylic acids is 1. The molecule has 2 heterocycles. The lowest BCUT2D eigenvalue weighted by Gasteiger charge is -2.37. The first-order chi connectivity index (χ1) is 6.79. The average Bonchev–Trinajstić information content (AvgIpc) is 2.17. The van der Waals surface area contributed by atoms with Gasteiger partial charge in [0.05, 0.1) is 0 Å². The van der Waals surface area contributed by atoms with Gasteiger partial charge in [-0.05, 0) is 25.7 Å². The third-order valence-corrected chi connectivity index (χ3v) is 4.96. The lowest BCUT2D eigenvalue weighted by molar-refractivity contribution is -0.122. The highest BCUT2D eigenvalue weighted by molar-refractivity contribution is 8.00. The Bertz CT molecular complexity index is 224. The molecule has 2 rings (SSSR count). The van der Waals surface area contributed by atoms with E-state index < -0.39 is 0 Å². The van der Waals surface area contributed by atoms with Crippen LogP contribution in [0.1, 0.15) is 38.5 Å². The fourth-order valence-electron chi connectivity index (χ4n) is 2.63. The van der Waals surface area contributed by atoms with Crippen LogP contribution in [0.2, 0.25) is 0 Å². The van der Waals surface area contributed by atoms with Crippen molar-refractivity contribution in [2.24, 2.45) is 5.92 Å². The number of allylic oxidation sites excluding steroid dienone is 1. The summed E-state index contributed by atoms with van der Waals surface area (Å²) in [5.41, 5.74) is 0. The second kappa shape index (κ2) is 4.52. The summed E-state index contributed by atoms with van der Waals surface area (Å²) in [4.78, 5) is 11.7. The van der Waals surface area contributed by atoms with E-state index in [9.17, 15) is 4.79 Å². The molecule has 2 bridgehead atoms. The highest BCUT2D eigenvalue weighted by Gasteiger charge is 2.34. The van der Waals surface area contributed by atoms with E-state index in [2.05, 4.69) is 18.3 Å². The first kappa shape index (κ1) is 10.3. The van der Waals surface area contributed by atoms with Crippen LogP contribution in [-0.2, 0) is 4.79 Å². The molecule has 0 aromatic carbocycles. The van der Waals surface area contributed by atoms with Crippen LogP contribution in [-0.4, -0.2) is 16.3 Å². The molecular weight excluding hydrogens is 192 g/mol. The zero-order valence-electron chi connectivity index (χ0n) is 8.58. The Morgan fingerprint density at radius 2 is 2.00 bits per heavy atom. The van der Waals surface area contributed by atoms with Crippen LogP contribution in [0.15, 0.2) is 12.7 Å². The van der Waals surface area contributed by atoms with Crippen LogP contribution in [0.5, 0.6) is 0 Å². The zero-order chi connectivity index (χ0) is 9.97. The molecule has 0 spiro atoms. The predicted octanol–water partition coefficient (Wildman–Crippen LogP) is 3.20. The maximum Gasteiger partial charge on any atom is 0.139 e. The van der Waals surface area contributed by atoms with Gasteiger partial charge in [-0.1, -0.05) is 12.5 Å². The minimum Gasteiger partial charge on any atom is -0.299 e. The van der Waals surface area contributed by atoms with E-state index in [1.165, 1.54) is 19.3 Å². The van der Waals surface area contributed by atoms with E-state index in [4.69, 9.17) is 0 Å². The van der Waals surface area contributed by atoms with E-state index in [-0.39, 0.29) is 0 Å². The molecule has 14 heavy (non-hydrogen) atoms. The standard InChI is InChI=1S/C12H18OS/c1-2-4-12(13)9-7-10-5-3-6-11(8-9)14-10/h2,9-11H,1,3-8H2. The van der Waals surface area contributed by atoms with Crippen molar-refractivity contribution in [2.45, 2.75) is 49.0 Å². The molecule has 2 heteroatoms. The average molecular weight is 210 g/mol. The van der Waals surface area contributed by atoms with Gasteiger partial charge in [0.25, 0.3) is 0 Å². The predicted molar refractivity (Wildman–Crippen MR) is 61.6 cm³/mol. The molecule has 0 aliphatic carbocycles. The molecule has 2 unspecified atom stereocenters. The minimum atomic E-state index is 0.351. The Labute approximate surface area is 90.3 Å². The van der Waals surface area contributed by atoms with Gasteiger partial charge in [-0.25, -0.2) is 0 Å². The highest BCUT2D eigenvalue weighted by Crippen LogP contribution is 2.44. The van der Waals surface area contributed by atoms with Gasteiger partial charge >= 0.3 is 0 Å². The topological polar surface area (TPSA) is 17.1 Å². The molecule has 2 saturated heterocycles. The monoisotopic (exact) mass is 210 g/mol. The molecule has 0 saturated carbocycles. The molecule has 0 amide bonds. The third kappa shape index (κ3) is 2.22. The molecule has 2 atom stereocenters. The Balaban J connectivity index is 1.94. The number of hydrogen-bond donors (Lipinski definition) is 0. The molecule has 2 aliphatic heterocycles. The fourth-order valence-corrected chi connectivity index (χ4v) is 4.47. The van der Waals surface area contributed by atoms with Crippen LogP contribution in [0.3, 0.4) is 0 Å². The van der Waals surface area contributed by atoms with Gasteiger partial charge in [0.1, 0.15) is 5.78 Å². The number of rotatable bonds is 3. The number of thioether (sulfide) groups is 1. The van der Waals surface area contributed by atoms with Gasteiger partial charge in [-0.3, -0.25) is 4.79 Å². The molecular formula is C12H18OS. The van der Waals surface area contributed by atoms with Crippen LogP contribution in [0.4, 0.5) is 0 Å². The Morgan fingerprint density at radius 3 is 2.57 bits per heavy atom. The second-order valence-electron chi connectivity index (χ2n) is 4.44. The van der Waals surface area contributed by atoms with Crippen LogP contribution in [0, 0.1) is 5.92 Å². The van der Waals surface area contributed by atoms with Crippen LogP contribution >= 0.6 is 11.8 Å². The van der Waals surface area contributed by atoms with Crippen molar-refractivity contribution in [3.8, 4) is 0 Å². The van der Waals surface area contributed by atoms with Crippen molar-refractivity contribution < 1.29 is 4.79 Å². The SMILES string of the molecule is C=CCC(=O)C1CC2CCCC(C1)S2. The number of fused-ring (bicyclic) bond motifs is 2. The normalized spacial score (nSPS) is 36.4. The second-order valence-corrected chi connectivity index (χ2v) is 6.04. The van der Waals surface area contributed by atoms with Crippen LogP contribution in [0.25, 0.3) is 0 Å². The maximum atomic E-state index is 11.7. The molecule has 0 aromatic rings. The minimum absolute atomic E-state index is 0.351. The summed E-state index contributed by atoms with van der Waals surface area (Å²) >= 11 is 2.13. The van der Waals surface area contributed by atoms with E-state index >= 15 is 0 Å². The first-order valence-electron chi connectivity index (χ1n) is 5.58. The number of hydrogen-bond acceptors (Lipinski definition) is 2. The quantitative estimate of drug-likeness (QED) is 0.665. The third-order valence-electron chi connectivity index (χ3n) is 3.33. The molecule has 0 radical (unpaired) electrons. The van der Waals surface area contributed by atoms with Crippen LogP contribution < -0.4 is 0 Å². The summed E-state index contributed by atoms with van der Waals surface area (Å²) in [6.07, 6.45) is 8.64. The Morgan fingerprint density at radius 1 is 1.36 bits per heavy atom. The summed E-state index contributed by atoms with van der Waals surface area (Å²) in [6.45, 7) is 3.64. The molecule has 78 valence electrons. The van der Waals surface area contributed by atoms with Crippen molar-refractivity contribution in [2.75, 3.05) is 0 Å². The van der Waals surface area contributed by atoms with E-state index in [0.717, 1.165) is 23.3 Å². The number of carbonyl (C=O) groups is 1. The van der Waals surface area contributed by atoms with Crippen molar-refractivity contribution >= 4 is 17.5 Å². The van der Waals surface area contributed by atoms with Crippen molar-refractivity contribution in [3.63, 3.8) is 0 Å². The van der Waals surface area contributed by atoms with Crippen molar-refractivity contribution in [3.05, 3.63) is 12.7 Å². The molecule has 0 aromatic heterocycles. The van der Waals surface area contributed by atoms with E-state index in [0.29, 0.717) is 18.1 Å². The molecule has 0 N–H and O–H groups in total. The number of ketones is 1. The van der Waals surface area contributed by atoms with Gasteiger partial charge in [0.15, 0.2) is 0 Å². The lowest BCUT2D eigenvalue weighted by Crippen LogP contribution is -2.32. The summed E-state index contributed by atoms with van der Waals surface area (Å²) in [5.74, 6) is 0.779. The maximum absolute atomic E-state index is 11.7. The van der Waals surface area contributed by atoms with Crippen molar-refractivity contribution in [1.82, 2.24) is 0 Å². The lowest BCUT2D eigenvalue weighted by atomic mass is 9.86. The van der Waals surface area contributed by atoms with Gasteiger partial charge in [0.2, 0.25) is 0 Å². The Hall–Kier alpha value is -0.240. The zero-order valence-corrected chi connectivity index (χ0v) is 9.39. The van der Waals surface area contributed by atoms with E-state index in [1.807, 2.05) is 0 Å². The van der Waals surface area contributed by atoms with Crippen molar-refractivity contribution in [1.29, 1.82) is 0 Å². The van der Waals surface area contributed by atoms with Gasteiger partial charge in [-0.2, -0.15) is 11.8 Å². The fraction of sp³-hybridized carbons (Fsp3) is 0.750. The molecule has 2 fully saturated rings. The highest BCUT2D eigenvalue weighted by atomic mass is 32.2. The molecule has 1 nitrogen and oxygen atoms in total. The van der Waals surface area contributed by atoms with E-state index in [1.54, 1.807) is 6.08 Å². The Kier molecular flexibility index (Phi) is 3.32. The van der Waals surface area contributed by atoms with Gasteiger partial charge in [-0.15, -0.1) is 6.58 Å².